The maximum atomic E-state index is 4.31. The van der Waals surface area contributed by atoms with Gasteiger partial charge in [-0.15, -0.1) is 0 Å². The third-order valence-corrected chi connectivity index (χ3v) is 2.76. The van der Waals surface area contributed by atoms with E-state index in [4.69, 9.17) is 0 Å². The van der Waals surface area contributed by atoms with Crippen LogP contribution in [0.4, 0.5) is 5.95 Å². The summed E-state index contributed by atoms with van der Waals surface area (Å²) in [5.74, 6) is 1.95. The molecule has 17 heavy (non-hydrogen) atoms. The summed E-state index contributed by atoms with van der Waals surface area (Å²) in [7, 11) is 2.00. The van der Waals surface area contributed by atoms with Crippen molar-refractivity contribution in [2.75, 3.05) is 11.9 Å². The molecule has 0 unspecified atom stereocenters. The molecule has 1 N–H and O–H groups in total. The topological polar surface area (TPSA) is 47.7 Å². The molecule has 0 fully saturated rings. The third kappa shape index (κ3) is 2.87. The van der Waals surface area contributed by atoms with Crippen molar-refractivity contribution in [3.8, 4) is 0 Å². The van der Waals surface area contributed by atoms with Gasteiger partial charge in [-0.3, -0.25) is 0 Å². The average molecular weight is 233 g/mol. The number of nitrogens with zero attached hydrogens (tertiary/aromatic N) is 4. The van der Waals surface area contributed by atoms with Crippen LogP contribution in [-0.4, -0.2) is 25.6 Å². The molecule has 92 valence electrons. The van der Waals surface area contributed by atoms with Gasteiger partial charge in [-0.05, 0) is 6.42 Å². The average Bonchev–Trinajstić information content (AvgIpc) is 2.91. The van der Waals surface area contributed by atoms with E-state index in [-0.39, 0.29) is 0 Å². The minimum absolute atomic E-state index is 0.748. The minimum Gasteiger partial charge on any atom is -0.356 e. The van der Waals surface area contributed by atoms with E-state index in [0.717, 1.165) is 31.3 Å². The maximum Gasteiger partial charge on any atom is 0.203 e. The van der Waals surface area contributed by atoms with Crippen molar-refractivity contribution >= 4 is 5.95 Å². The SMILES string of the molecule is CCCCNc1nccn1Cc1nccn1C. The molecule has 5 nitrogen and oxygen atoms in total. The molecule has 0 aliphatic heterocycles. The number of rotatable bonds is 6. The monoisotopic (exact) mass is 233 g/mol. The van der Waals surface area contributed by atoms with Gasteiger partial charge >= 0.3 is 0 Å². The van der Waals surface area contributed by atoms with Crippen molar-refractivity contribution in [3.05, 3.63) is 30.6 Å². The van der Waals surface area contributed by atoms with Crippen molar-refractivity contribution < 1.29 is 0 Å². The molecule has 2 aromatic heterocycles. The second kappa shape index (κ2) is 5.52. The summed E-state index contributed by atoms with van der Waals surface area (Å²) in [4.78, 5) is 8.63. The zero-order valence-corrected chi connectivity index (χ0v) is 10.4. The Hall–Kier alpha value is -1.78. The Morgan fingerprint density at radius 2 is 2.06 bits per heavy atom. The van der Waals surface area contributed by atoms with Gasteiger partial charge in [0.15, 0.2) is 0 Å². The Morgan fingerprint density at radius 1 is 1.24 bits per heavy atom. The lowest BCUT2D eigenvalue weighted by atomic mass is 10.3. The predicted molar refractivity (Wildman–Crippen MR) is 67.9 cm³/mol. The first-order valence-corrected chi connectivity index (χ1v) is 6.02. The van der Waals surface area contributed by atoms with E-state index in [0.29, 0.717) is 0 Å². The molecule has 0 saturated heterocycles. The Kier molecular flexibility index (Phi) is 3.80. The van der Waals surface area contributed by atoms with Crippen molar-refractivity contribution in [3.63, 3.8) is 0 Å². The summed E-state index contributed by atoms with van der Waals surface area (Å²) >= 11 is 0. The normalized spacial score (nSPS) is 10.7. The van der Waals surface area contributed by atoms with Crippen molar-refractivity contribution in [2.24, 2.45) is 7.05 Å². The van der Waals surface area contributed by atoms with E-state index < -0.39 is 0 Å². The first-order chi connectivity index (χ1) is 8.31. The van der Waals surface area contributed by atoms with E-state index in [9.17, 15) is 0 Å². The van der Waals surface area contributed by atoms with Crippen LogP contribution in [0.5, 0.6) is 0 Å². The molecule has 0 aliphatic rings. The molecule has 0 saturated carbocycles. The highest BCUT2D eigenvalue weighted by Gasteiger charge is 2.05. The van der Waals surface area contributed by atoms with Gasteiger partial charge in [-0.2, -0.15) is 0 Å². The molecule has 0 aliphatic carbocycles. The fourth-order valence-corrected chi connectivity index (χ4v) is 1.68. The predicted octanol–water partition coefficient (Wildman–Crippen LogP) is 1.88. The van der Waals surface area contributed by atoms with Gasteiger partial charge in [-0.25, -0.2) is 9.97 Å². The lowest BCUT2D eigenvalue weighted by molar-refractivity contribution is 0.698. The number of hydrogen-bond donors (Lipinski definition) is 1. The van der Waals surface area contributed by atoms with E-state index in [1.54, 1.807) is 0 Å². The number of hydrogen-bond acceptors (Lipinski definition) is 3. The highest BCUT2D eigenvalue weighted by Crippen LogP contribution is 2.07. The van der Waals surface area contributed by atoms with Crippen LogP contribution in [0.1, 0.15) is 25.6 Å². The first kappa shape index (κ1) is 11.7. The van der Waals surface area contributed by atoms with Crippen LogP contribution < -0.4 is 5.32 Å². The molecule has 0 radical (unpaired) electrons. The van der Waals surface area contributed by atoms with Crippen molar-refractivity contribution in [1.29, 1.82) is 0 Å². The minimum atomic E-state index is 0.748. The third-order valence-electron chi connectivity index (χ3n) is 2.76. The van der Waals surface area contributed by atoms with Gasteiger partial charge in [0.1, 0.15) is 5.82 Å². The van der Waals surface area contributed by atoms with Crippen LogP contribution in [0, 0.1) is 0 Å². The zero-order valence-electron chi connectivity index (χ0n) is 10.4. The summed E-state index contributed by atoms with van der Waals surface area (Å²) in [6.07, 6.45) is 9.91. The zero-order chi connectivity index (χ0) is 12.1. The van der Waals surface area contributed by atoms with Gasteiger partial charge in [0.25, 0.3) is 0 Å². The smallest absolute Gasteiger partial charge is 0.203 e. The van der Waals surface area contributed by atoms with Crippen LogP contribution in [0.3, 0.4) is 0 Å². The molecular weight excluding hydrogens is 214 g/mol. The molecule has 0 bridgehead atoms. The molecule has 0 amide bonds. The number of imidazole rings is 2. The second-order valence-electron chi connectivity index (χ2n) is 4.11. The van der Waals surface area contributed by atoms with Crippen LogP contribution in [0.2, 0.25) is 0 Å². The first-order valence-electron chi connectivity index (χ1n) is 6.02. The molecule has 5 heteroatoms. The van der Waals surface area contributed by atoms with Gasteiger partial charge in [0.2, 0.25) is 5.95 Å². The largest absolute Gasteiger partial charge is 0.356 e. The van der Waals surface area contributed by atoms with Crippen LogP contribution in [0.25, 0.3) is 0 Å². The number of aromatic nitrogens is 4. The summed E-state index contributed by atoms with van der Waals surface area (Å²) < 4.78 is 4.10. The van der Waals surface area contributed by atoms with E-state index in [2.05, 4.69) is 26.8 Å². The lowest BCUT2D eigenvalue weighted by Crippen LogP contribution is -2.11. The molecular formula is C12H19N5. The van der Waals surface area contributed by atoms with E-state index in [1.807, 2.05) is 36.4 Å². The van der Waals surface area contributed by atoms with E-state index >= 15 is 0 Å². The molecule has 0 aromatic carbocycles. The van der Waals surface area contributed by atoms with Gasteiger partial charge in [0.05, 0.1) is 6.54 Å². The van der Waals surface area contributed by atoms with E-state index in [1.165, 1.54) is 6.42 Å². The van der Waals surface area contributed by atoms with Crippen molar-refractivity contribution in [2.45, 2.75) is 26.3 Å². The fourth-order valence-electron chi connectivity index (χ4n) is 1.68. The molecule has 2 aromatic rings. The van der Waals surface area contributed by atoms with Gasteiger partial charge in [0, 0.05) is 38.4 Å². The number of aryl methyl sites for hydroxylation is 1. The summed E-state index contributed by atoms with van der Waals surface area (Å²) in [6, 6.07) is 0. The van der Waals surface area contributed by atoms with Gasteiger partial charge in [-0.1, -0.05) is 13.3 Å². The standard InChI is InChI=1S/C12H19N5/c1-3-4-5-14-12-15-7-9-17(12)10-11-13-6-8-16(11)2/h6-9H,3-5,10H2,1-2H3,(H,14,15). The number of unbranched alkanes of at least 4 members (excludes halogenated alkanes) is 1. The maximum absolute atomic E-state index is 4.31. The summed E-state index contributed by atoms with van der Waals surface area (Å²) in [5.41, 5.74) is 0. The molecule has 2 heterocycles. The number of anilines is 1. The lowest BCUT2D eigenvalue weighted by Gasteiger charge is -2.09. The summed E-state index contributed by atoms with van der Waals surface area (Å²) in [5, 5.41) is 3.34. The highest BCUT2D eigenvalue weighted by molar-refractivity contribution is 5.26. The summed E-state index contributed by atoms with van der Waals surface area (Å²) in [6.45, 7) is 3.90. The van der Waals surface area contributed by atoms with Crippen LogP contribution >= 0.6 is 0 Å². The fraction of sp³-hybridized carbons (Fsp3) is 0.500. The Bertz CT molecular complexity index is 457. The molecule has 2 rings (SSSR count). The Balaban J connectivity index is 2.01. The van der Waals surface area contributed by atoms with Crippen LogP contribution in [-0.2, 0) is 13.6 Å². The van der Waals surface area contributed by atoms with Crippen molar-refractivity contribution in [1.82, 2.24) is 19.1 Å². The van der Waals surface area contributed by atoms with Gasteiger partial charge < -0.3 is 14.5 Å². The quantitative estimate of drug-likeness (QED) is 0.775. The molecule has 0 atom stereocenters. The Morgan fingerprint density at radius 3 is 2.76 bits per heavy atom. The second-order valence-corrected chi connectivity index (χ2v) is 4.11. The Labute approximate surface area is 102 Å². The number of nitrogens with one attached hydrogen (secondary N) is 1. The molecule has 0 spiro atoms. The highest BCUT2D eigenvalue weighted by atomic mass is 15.2. The van der Waals surface area contributed by atoms with Crippen LogP contribution in [0.15, 0.2) is 24.8 Å².